The van der Waals surface area contributed by atoms with Crippen LogP contribution in [0.2, 0.25) is 0 Å². The van der Waals surface area contributed by atoms with Gasteiger partial charge in [-0.1, -0.05) is 34.6 Å². The number of benzene rings is 1. The van der Waals surface area contributed by atoms with Crippen LogP contribution in [0.25, 0.3) is 11.3 Å². The van der Waals surface area contributed by atoms with Crippen LogP contribution >= 0.6 is 27.7 Å². The van der Waals surface area contributed by atoms with Crippen molar-refractivity contribution in [2.75, 3.05) is 11.1 Å². The molecule has 0 unspecified atom stereocenters. The second-order valence-corrected chi connectivity index (χ2v) is 7.69. The minimum absolute atomic E-state index is 0.389. The average Bonchev–Trinajstić information content (AvgIpc) is 2.83. The van der Waals surface area contributed by atoms with Crippen molar-refractivity contribution in [1.82, 2.24) is 20.2 Å². The van der Waals surface area contributed by atoms with Crippen LogP contribution in [0.3, 0.4) is 0 Å². The molecular formula is C18H16BrN5OS. The number of fused-ring (bicyclic) bond motifs is 3. The summed E-state index contributed by atoms with van der Waals surface area (Å²) in [6.45, 7) is 2.12. The van der Waals surface area contributed by atoms with Gasteiger partial charge in [0.05, 0.1) is 0 Å². The predicted molar refractivity (Wildman–Crippen MR) is 105 cm³/mol. The third-order valence-corrected chi connectivity index (χ3v) is 5.37. The molecule has 132 valence electrons. The first-order valence-corrected chi connectivity index (χ1v) is 10.0. The number of nitrogens with one attached hydrogen (secondary N) is 1. The van der Waals surface area contributed by atoms with Gasteiger partial charge in [-0.25, -0.2) is 0 Å². The van der Waals surface area contributed by atoms with Crippen molar-refractivity contribution in [1.29, 1.82) is 0 Å². The van der Waals surface area contributed by atoms with Crippen LogP contribution in [-0.2, 0) is 0 Å². The zero-order valence-electron chi connectivity index (χ0n) is 14.0. The van der Waals surface area contributed by atoms with Crippen molar-refractivity contribution in [2.24, 2.45) is 0 Å². The molecule has 2 aromatic heterocycles. The molecule has 0 radical (unpaired) electrons. The number of thioether (sulfide) groups is 1. The topological polar surface area (TPSA) is 72.8 Å². The third kappa shape index (κ3) is 3.52. The first kappa shape index (κ1) is 17.2. The van der Waals surface area contributed by atoms with E-state index in [9.17, 15) is 0 Å². The molecule has 1 atom stereocenters. The molecule has 8 heteroatoms. The Bertz CT molecular complexity index is 925. The first-order chi connectivity index (χ1) is 12.7. The van der Waals surface area contributed by atoms with Crippen molar-refractivity contribution in [3.63, 3.8) is 0 Å². The second-order valence-electron chi connectivity index (χ2n) is 5.71. The third-order valence-electron chi connectivity index (χ3n) is 3.83. The minimum atomic E-state index is -0.389. The van der Waals surface area contributed by atoms with Crippen LogP contribution in [-0.4, -0.2) is 25.9 Å². The summed E-state index contributed by atoms with van der Waals surface area (Å²) in [5, 5.41) is 12.7. The Kier molecular flexibility index (Phi) is 5.03. The molecule has 0 saturated carbocycles. The number of nitrogens with zero attached hydrogens (tertiary/aromatic N) is 4. The SMILES string of the molecule is CCCSc1nnc2c(n1)O[C@H](c1ccncc1)Nc1ccc(Br)cc1-2. The molecule has 0 spiro atoms. The van der Waals surface area contributed by atoms with Gasteiger partial charge in [0.2, 0.25) is 11.0 Å². The number of hydrogen-bond donors (Lipinski definition) is 1. The fourth-order valence-electron chi connectivity index (χ4n) is 2.61. The number of anilines is 1. The van der Waals surface area contributed by atoms with Crippen LogP contribution < -0.4 is 10.1 Å². The summed E-state index contributed by atoms with van der Waals surface area (Å²) in [5.41, 5.74) is 3.41. The minimum Gasteiger partial charge on any atom is -0.448 e. The van der Waals surface area contributed by atoms with Crippen LogP contribution in [0.15, 0.2) is 52.4 Å². The van der Waals surface area contributed by atoms with E-state index in [0.29, 0.717) is 16.7 Å². The Morgan fingerprint density at radius 1 is 1.19 bits per heavy atom. The zero-order valence-corrected chi connectivity index (χ0v) is 16.4. The maximum atomic E-state index is 6.20. The molecule has 0 aliphatic carbocycles. The highest BCUT2D eigenvalue weighted by molar-refractivity contribution is 9.10. The molecule has 0 fully saturated rings. The summed E-state index contributed by atoms with van der Waals surface area (Å²) in [7, 11) is 0. The number of ether oxygens (including phenoxy) is 1. The summed E-state index contributed by atoms with van der Waals surface area (Å²) in [5.74, 6) is 1.42. The van der Waals surface area contributed by atoms with E-state index in [1.54, 1.807) is 24.2 Å². The van der Waals surface area contributed by atoms with Crippen molar-refractivity contribution < 1.29 is 4.74 Å². The molecule has 0 bridgehead atoms. The molecule has 1 aliphatic rings. The first-order valence-electron chi connectivity index (χ1n) is 8.25. The largest absolute Gasteiger partial charge is 0.448 e. The van der Waals surface area contributed by atoms with Gasteiger partial charge in [0.1, 0.15) is 0 Å². The summed E-state index contributed by atoms with van der Waals surface area (Å²) < 4.78 is 7.16. The maximum Gasteiger partial charge on any atom is 0.247 e. The number of rotatable bonds is 4. The summed E-state index contributed by atoms with van der Waals surface area (Å²) in [4.78, 5) is 8.69. The monoisotopic (exact) mass is 429 g/mol. The summed E-state index contributed by atoms with van der Waals surface area (Å²) >= 11 is 5.10. The molecule has 3 aromatic rings. The van der Waals surface area contributed by atoms with Crippen LogP contribution in [0.1, 0.15) is 25.1 Å². The molecule has 4 rings (SSSR count). The molecule has 1 aromatic carbocycles. The Morgan fingerprint density at radius 3 is 2.85 bits per heavy atom. The smallest absolute Gasteiger partial charge is 0.247 e. The molecule has 1 aliphatic heterocycles. The Morgan fingerprint density at radius 2 is 2.04 bits per heavy atom. The van der Waals surface area contributed by atoms with E-state index in [1.807, 2.05) is 30.3 Å². The lowest BCUT2D eigenvalue weighted by atomic mass is 10.1. The van der Waals surface area contributed by atoms with Crippen molar-refractivity contribution in [3.8, 4) is 17.1 Å². The Hall–Kier alpha value is -2.19. The Balaban J connectivity index is 1.81. The molecule has 1 N–H and O–H groups in total. The lowest BCUT2D eigenvalue weighted by molar-refractivity contribution is 0.225. The summed E-state index contributed by atoms with van der Waals surface area (Å²) in [6.07, 6.45) is 4.15. The highest BCUT2D eigenvalue weighted by atomic mass is 79.9. The molecule has 0 saturated heterocycles. The predicted octanol–water partition coefficient (Wildman–Crippen LogP) is 4.70. The van der Waals surface area contributed by atoms with Crippen LogP contribution in [0.5, 0.6) is 5.88 Å². The van der Waals surface area contributed by atoms with E-state index in [4.69, 9.17) is 4.74 Å². The van der Waals surface area contributed by atoms with E-state index in [1.165, 1.54) is 0 Å². The van der Waals surface area contributed by atoms with Crippen molar-refractivity contribution >= 4 is 33.4 Å². The molecule has 0 amide bonds. The lowest BCUT2D eigenvalue weighted by Crippen LogP contribution is -2.17. The van der Waals surface area contributed by atoms with E-state index in [0.717, 1.165) is 33.5 Å². The fraction of sp³-hybridized carbons (Fsp3) is 0.222. The zero-order chi connectivity index (χ0) is 17.9. The standard InChI is InChI=1S/C18H16BrN5OS/c1-2-9-26-18-22-17-15(23-24-18)13-10-12(19)3-4-14(13)21-16(25-17)11-5-7-20-8-6-11/h3-8,10,16,21H,2,9H2,1H3/t16-/m1/s1. The van der Waals surface area contributed by atoms with Crippen LogP contribution in [0, 0.1) is 0 Å². The number of pyridine rings is 1. The van der Waals surface area contributed by atoms with Gasteiger partial charge in [-0.3, -0.25) is 4.98 Å². The van der Waals surface area contributed by atoms with E-state index < -0.39 is 0 Å². The van der Waals surface area contributed by atoms with Gasteiger partial charge in [0.15, 0.2) is 11.9 Å². The van der Waals surface area contributed by atoms with Crippen LogP contribution in [0.4, 0.5) is 5.69 Å². The van der Waals surface area contributed by atoms with Crippen molar-refractivity contribution in [2.45, 2.75) is 24.7 Å². The van der Waals surface area contributed by atoms with Gasteiger partial charge in [0.25, 0.3) is 0 Å². The highest BCUT2D eigenvalue weighted by Gasteiger charge is 2.26. The number of aromatic nitrogens is 4. The number of halogens is 1. The second kappa shape index (κ2) is 7.59. The van der Waals surface area contributed by atoms with Gasteiger partial charge >= 0.3 is 0 Å². The molecular weight excluding hydrogens is 414 g/mol. The molecule has 3 heterocycles. The Labute approximate surface area is 164 Å². The normalized spacial score (nSPS) is 15.2. The lowest BCUT2D eigenvalue weighted by Gasteiger charge is -2.19. The van der Waals surface area contributed by atoms with Gasteiger partial charge in [-0.05, 0) is 36.8 Å². The molecule has 26 heavy (non-hydrogen) atoms. The highest BCUT2D eigenvalue weighted by Crippen LogP contribution is 2.40. The van der Waals surface area contributed by atoms with Gasteiger partial charge in [0, 0.05) is 39.4 Å². The average molecular weight is 430 g/mol. The van der Waals surface area contributed by atoms with Crippen molar-refractivity contribution in [3.05, 3.63) is 52.8 Å². The van der Waals surface area contributed by atoms with E-state index in [2.05, 4.69) is 48.3 Å². The van der Waals surface area contributed by atoms with Gasteiger partial charge < -0.3 is 10.1 Å². The maximum absolute atomic E-state index is 6.20. The number of hydrogen-bond acceptors (Lipinski definition) is 7. The van der Waals surface area contributed by atoms with E-state index in [-0.39, 0.29) is 6.23 Å². The summed E-state index contributed by atoms with van der Waals surface area (Å²) in [6, 6.07) is 9.81. The molecule has 6 nitrogen and oxygen atoms in total. The van der Waals surface area contributed by atoms with Gasteiger partial charge in [-0.2, -0.15) is 4.98 Å². The quantitative estimate of drug-likeness (QED) is 0.602. The van der Waals surface area contributed by atoms with Gasteiger partial charge in [-0.15, -0.1) is 10.2 Å². The fourth-order valence-corrected chi connectivity index (χ4v) is 3.61. The van der Waals surface area contributed by atoms with E-state index >= 15 is 0 Å².